The highest BCUT2D eigenvalue weighted by molar-refractivity contribution is 5.79. The van der Waals surface area contributed by atoms with Crippen molar-refractivity contribution in [1.29, 1.82) is 0 Å². The van der Waals surface area contributed by atoms with Crippen LogP contribution in [0.1, 0.15) is 133 Å². The van der Waals surface area contributed by atoms with Crippen molar-refractivity contribution in [1.82, 2.24) is 19.9 Å². The number of benzene rings is 1. The molecule has 1 saturated heterocycles. The zero-order valence-electron chi connectivity index (χ0n) is 31.5. The molecule has 10 heteroatoms. The lowest BCUT2D eigenvalue weighted by molar-refractivity contribution is -0.161. The lowest BCUT2D eigenvalue weighted by atomic mass is 9.86. The molecule has 2 aromatic heterocycles. The summed E-state index contributed by atoms with van der Waals surface area (Å²) in [6.45, 7) is 21.6. The van der Waals surface area contributed by atoms with Crippen molar-refractivity contribution in [3.63, 3.8) is 0 Å². The average molecular weight is 676 g/mol. The molecule has 0 amide bonds. The quantitative estimate of drug-likeness (QED) is 0.211. The van der Waals surface area contributed by atoms with Crippen molar-refractivity contribution in [2.24, 2.45) is 0 Å². The van der Waals surface area contributed by atoms with Gasteiger partial charge in [0.05, 0.1) is 24.3 Å². The summed E-state index contributed by atoms with van der Waals surface area (Å²) in [7, 11) is 1.44. The number of methoxy groups -OCH3 is 1. The Morgan fingerprint density at radius 2 is 1.49 bits per heavy atom. The van der Waals surface area contributed by atoms with E-state index in [1.54, 1.807) is 0 Å². The summed E-state index contributed by atoms with van der Waals surface area (Å²) < 4.78 is 10.9. The van der Waals surface area contributed by atoms with Gasteiger partial charge in [-0.1, -0.05) is 71.4 Å². The van der Waals surface area contributed by atoms with Crippen LogP contribution in [0.4, 0.5) is 5.95 Å². The van der Waals surface area contributed by atoms with Crippen molar-refractivity contribution >= 4 is 17.9 Å². The molecule has 1 aliphatic rings. The fourth-order valence-corrected chi connectivity index (χ4v) is 6.17. The van der Waals surface area contributed by atoms with E-state index in [4.69, 9.17) is 19.4 Å². The zero-order chi connectivity index (χ0) is 36.5. The molecule has 0 saturated carbocycles. The molecule has 1 N–H and O–H groups in total. The lowest BCUT2D eigenvalue weighted by Crippen LogP contribution is -2.34. The smallest absolute Gasteiger partial charge is 0.337 e. The topological polar surface area (TPSA) is 128 Å². The number of aromatic nitrogens is 4. The fourth-order valence-electron chi connectivity index (χ4n) is 6.17. The number of hydrogen-bond donors (Lipinski definition) is 1. The molecule has 2 atom stereocenters. The molecule has 3 heterocycles. The first kappa shape index (κ1) is 39.5. The van der Waals surface area contributed by atoms with Gasteiger partial charge in [0.2, 0.25) is 5.95 Å². The van der Waals surface area contributed by atoms with Gasteiger partial charge in [-0.15, -0.1) is 0 Å². The molecule has 10 nitrogen and oxygen atoms in total. The number of aryl methyl sites for hydroxylation is 3. The summed E-state index contributed by atoms with van der Waals surface area (Å²) in [5.41, 5.74) is 4.83. The van der Waals surface area contributed by atoms with Gasteiger partial charge in [-0.25, -0.2) is 24.7 Å². The summed E-state index contributed by atoms with van der Waals surface area (Å²) in [4.78, 5) is 45.3. The van der Waals surface area contributed by atoms with Gasteiger partial charge >= 0.3 is 11.9 Å². The molecule has 0 spiro atoms. The molecule has 4 rings (SSSR count). The van der Waals surface area contributed by atoms with Gasteiger partial charge in [-0.05, 0) is 66.7 Å². The number of carbonyl (C=O) groups excluding carboxylic acids is 1. The first-order valence-electron chi connectivity index (χ1n) is 17.6. The van der Waals surface area contributed by atoms with E-state index in [1.165, 1.54) is 13.5 Å². The number of esters is 1. The minimum atomic E-state index is -1.08. The Hall–Kier alpha value is -3.92. The molecule has 2 unspecified atom stereocenters. The molecule has 3 aromatic rings. The monoisotopic (exact) mass is 675 g/mol. The van der Waals surface area contributed by atoms with Gasteiger partial charge in [0.25, 0.3) is 0 Å². The normalized spacial score (nSPS) is 14.8. The fraction of sp³-hybridized carbons (Fsp3) is 0.590. The molecule has 0 bridgehead atoms. The van der Waals surface area contributed by atoms with E-state index in [0.717, 1.165) is 73.4 Å². The van der Waals surface area contributed by atoms with Crippen molar-refractivity contribution in [2.45, 2.75) is 131 Å². The molecule has 268 valence electrons. The van der Waals surface area contributed by atoms with Crippen LogP contribution in [0.25, 0.3) is 11.4 Å². The van der Waals surface area contributed by atoms with Crippen LogP contribution < -0.4 is 4.90 Å². The maximum Gasteiger partial charge on any atom is 0.337 e. The SMILES string of the molecule is CCCC(C(=O)OC)c1c(C)nc(-c2ccccc2)nc1CC.Cc1nc(N2CCCCC2)nc(C(C)(C)C)c1C(OC(C)(C)C)C(=O)O. The Balaban J connectivity index is 0.000000267. The van der Waals surface area contributed by atoms with Crippen LogP contribution in [0.3, 0.4) is 0 Å². The number of aliphatic carboxylic acids is 1. The van der Waals surface area contributed by atoms with Gasteiger partial charge in [-0.2, -0.15) is 0 Å². The number of ether oxygens (including phenoxy) is 2. The second-order valence-corrected chi connectivity index (χ2v) is 14.7. The maximum atomic E-state index is 12.2. The van der Waals surface area contributed by atoms with Gasteiger partial charge < -0.3 is 19.5 Å². The van der Waals surface area contributed by atoms with Crippen molar-refractivity contribution in [3.8, 4) is 11.4 Å². The Morgan fingerprint density at radius 1 is 0.878 bits per heavy atom. The van der Waals surface area contributed by atoms with Gasteiger partial charge in [-0.3, -0.25) is 4.79 Å². The second-order valence-electron chi connectivity index (χ2n) is 14.7. The molecular weight excluding hydrogens is 618 g/mol. The van der Waals surface area contributed by atoms with Gasteiger partial charge in [0, 0.05) is 52.3 Å². The molecule has 49 heavy (non-hydrogen) atoms. The molecule has 0 radical (unpaired) electrons. The number of piperidine rings is 1. The highest BCUT2D eigenvalue weighted by Gasteiger charge is 2.35. The average Bonchev–Trinajstić information content (AvgIpc) is 3.05. The maximum absolute atomic E-state index is 12.2. The lowest BCUT2D eigenvalue weighted by Gasteiger charge is -2.32. The third kappa shape index (κ3) is 10.5. The number of carboxylic acid groups (broad SMARTS) is 1. The number of hydrogen-bond acceptors (Lipinski definition) is 9. The second kappa shape index (κ2) is 17.1. The van der Waals surface area contributed by atoms with Gasteiger partial charge in [0.1, 0.15) is 0 Å². The molecule has 1 aromatic carbocycles. The number of carbonyl (C=O) groups is 2. The van der Waals surface area contributed by atoms with E-state index < -0.39 is 17.7 Å². The van der Waals surface area contributed by atoms with E-state index in [9.17, 15) is 14.7 Å². The summed E-state index contributed by atoms with van der Waals surface area (Å²) in [5, 5.41) is 9.83. The summed E-state index contributed by atoms with van der Waals surface area (Å²) in [5.74, 6) is -0.0899. The number of carboxylic acids is 1. The zero-order valence-corrected chi connectivity index (χ0v) is 31.5. The van der Waals surface area contributed by atoms with Crippen molar-refractivity contribution in [2.75, 3.05) is 25.1 Å². The van der Waals surface area contributed by atoms with Gasteiger partial charge in [0.15, 0.2) is 11.9 Å². The van der Waals surface area contributed by atoms with E-state index in [0.29, 0.717) is 23.0 Å². The first-order valence-corrected chi connectivity index (χ1v) is 17.6. The third-order valence-electron chi connectivity index (χ3n) is 8.43. The Kier molecular flexibility index (Phi) is 13.8. The molecule has 0 aliphatic carbocycles. The minimum absolute atomic E-state index is 0.208. The van der Waals surface area contributed by atoms with Crippen LogP contribution in [0.2, 0.25) is 0 Å². The van der Waals surface area contributed by atoms with Crippen LogP contribution in [-0.2, 0) is 30.9 Å². The largest absolute Gasteiger partial charge is 0.479 e. The number of nitrogens with zero attached hydrogens (tertiary/aromatic N) is 5. The Morgan fingerprint density at radius 3 is 2.00 bits per heavy atom. The van der Waals surface area contributed by atoms with Crippen LogP contribution >= 0.6 is 0 Å². The highest BCUT2D eigenvalue weighted by atomic mass is 16.5. The van der Waals surface area contributed by atoms with E-state index >= 15 is 0 Å². The number of anilines is 1. The summed E-state index contributed by atoms with van der Waals surface area (Å²) >= 11 is 0. The molecule has 1 aliphatic heterocycles. The van der Waals surface area contributed by atoms with E-state index in [-0.39, 0.29) is 17.3 Å². The predicted octanol–water partition coefficient (Wildman–Crippen LogP) is 8.08. The third-order valence-corrected chi connectivity index (χ3v) is 8.43. The first-order chi connectivity index (χ1) is 23.0. The van der Waals surface area contributed by atoms with Crippen LogP contribution in [0, 0.1) is 13.8 Å². The van der Waals surface area contributed by atoms with Crippen molar-refractivity contribution in [3.05, 3.63) is 64.2 Å². The van der Waals surface area contributed by atoms with E-state index in [1.807, 2.05) is 85.7 Å². The van der Waals surface area contributed by atoms with Crippen LogP contribution in [-0.4, -0.2) is 62.8 Å². The molecular formula is C39H57N5O5. The molecule has 1 fully saturated rings. The highest BCUT2D eigenvalue weighted by Crippen LogP contribution is 2.36. The summed E-state index contributed by atoms with van der Waals surface area (Å²) in [6, 6.07) is 9.92. The Bertz CT molecular complexity index is 1560. The van der Waals surface area contributed by atoms with Crippen LogP contribution in [0.15, 0.2) is 30.3 Å². The number of rotatable bonds is 10. The minimum Gasteiger partial charge on any atom is -0.479 e. The van der Waals surface area contributed by atoms with E-state index in [2.05, 4.69) is 28.7 Å². The Labute approximate surface area is 293 Å². The van der Waals surface area contributed by atoms with Crippen LogP contribution in [0.5, 0.6) is 0 Å². The summed E-state index contributed by atoms with van der Waals surface area (Å²) in [6.07, 6.45) is 4.84. The predicted molar refractivity (Wildman–Crippen MR) is 194 cm³/mol. The van der Waals surface area contributed by atoms with Crippen molar-refractivity contribution < 1.29 is 24.2 Å². The standard InChI is InChI=1S/C20H33N3O3.C19H24N2O2/c1-13-14(15(17(24)25)26-20(5,6)7)16(19(2,3)4)22-18(21-13)23-11-9-8-10-12-23;1-5-10-15(19(22)23-4)17-13(3)20-18(21-16(17)6-2)14-11-8-7-9-12-14/h15H,8-12H2,1-7H3,(H,24,25);7-9,11-12,15H,5-6,10H2,1-4H3.